The fraction of sp³-hybridized carbons (Fsp3) is 0.667. The summed E-state index contributed by atoms with van der Waals surface area (Å²) in [5.41, 5.74) is 2.33. The fourth-order valence-electron chi connectivity index (χ4n) is 3.46. The van der Waals surface area contributed by atoms with Crippen LogP contribution in [-0.4, -0.2) is 43.1 Å². The number of aryl methyl sites for hydroxylation is 1. The maximum Gasteiger partial charge on any atom is 0.260 e. The van der Waals surface area contributed by atoms with Crippen molar-refractivity contribution < 1.29 is 9.53 Å². The van der Waals surface area contributed by atoms with Crippen molar-refractivity contribution >= 4 is 5.91 Å². The summed E-state index contributed by atoms with van der Waals surface area (Å²) >= 11 is 0. The van der Waals surface area contributed by atoms with Crippen molar-refractivity contribution in [2.24, 2.45) is 5.92 Å². The first-order valence-corrected chi connectivity index (χ1v) is 9.77. The molecule has 0 bridgehead atoms. The summed E-state index contributed by atoms with van der Waals surface area (Å²) < 4.78 is 5.90. The number of nitrogens with zero attached hydrogens (tertiary/aromatic N) is 1. The van der Waals surface area contributed by atoms with Crippen LogP contribution >= 0.6 is 0 Å². The highest BCUT2D eigenvalue weighted by molar-refractivity contribution is 5.78. The summed E-state index contributed by atoms with van der Waals surface area (Å²) in [5, 5.41) is 3.66. The third-order valence-corrected chi connectivity index (χ3v) is 5.38. The summed E-state index contributed by atoms with van der Waals surface area (Å²) in [6.07, 6.45) is 4.89. The van der Waals surface area contributed by atoms with E-state index in [0.29, 0.717) is 12.0 Å². The molecule has 1 aromatic carbocycles. The number of benzene rings is 1. The lowest BCUT2D eigenvalue weighted by Gasteiger charge is -2.32. The predicted octanol–water partition coefficient (Wildman–Crippen LogP) is 3.49. The monoisotopic (exact) mass is 344 g/mol. The Morgan fingerprint density at radius 3 is 2.60 bits per heavy atom. The maximum atomic E-state index is 12.5. The molecule has 1 aliphatic heterocycles. The van der Waals surface area contributed by atoms with Crippen LogP contribution in [0.15, 0.2) is 18.2 Å². The Morgan fingerprint density at radius 1 is 1.24 bits per heavy atom. The normalized spacial score (nSPS) is 18.6. The fourth-order valence-corrected chi connectivity index (χ4v) is 3.46. The van der Waals surface area contributed by atoms with Gasteiger partial charge in [0.1, 0.15) is 5.75 Å². The minimum atomic E-state index is 0.108. The second-order valence-corrected chi connectivity index (χ2v) is 7.99. The van der Waals surface area contributed by atoms with Crippen molar-refractivity contribution in [1.82, 2.24) is 10.2 Å². The lowest BCUT2D eigenvalue weighted by atomic mass is 10.0. The number of carbonyl (C=O) groups is 1. The van der Waals surface area contributed by atoms with E-state index in [1.807, 2.05) is 11.0 Å². The molecule has 1 aliphatic carbocycles. The highest BCUT2D eigenvalue weighted by atomic mass is 16.5. The molecule has 2 aliphatic rings. The van der Waals surface area contributed by atoms with Crippen molar-refractivity contribution in [2.45, 2.75) is 58.4 Å². The highest BCUT2D eigenvalue weighted by Gasteiger charge is 2.26. The van der Waals surface area contributed by atoms with Crippen LogP contribution in [0.3, 0.4) is 0 Å². The van der Waals surface area contributed by atoms with Gasteiger partial charge in [-0.3, -0.25) is 4.79 Å². The Hall–Kier alpha value is -1.55. The largest absolute Gasteiger partial charge is 0.483 e. The van der Waals surface area contributed by atoms with Gasteiger partial charge in [0.2, 0.25) is 0 Å². The highest BCUT2D eigenvalue weighted by Crippen LogP contribution is 2.29. The molecule has 0 radical (unpaired) electrons. The first-order chi connectivity index (χ1) is 12.0. The van der Waals surface area contributed by atoms with E-state index in [1.54, 1.807) is 0 Å². The Bertz CT molecular complexity index is 588. The number of carbonyl (C=O) groups excluding carboxylic acids is 1. The van der Waals surface area contributed by atoms with Crippen LogP contribution in [0.4, 0.5) is 0 Å². The standard InChI is InChI=1S/C21H32N2O2/c1-15(2)19-7-4-16(3)12-20(19)25-14-21(24)23-10-8-18(9-11-23)22-13-17-5-6-17/h4,7,12,15,17-18,22H,5-6,8-11,13-14H2,1-3H3. The van der Waals surface area contributed by atoms with Gasteiger partial charge < -0.3 is 15.0 Å². The SMILES string of the molecule is Cc1ccc(C(C)C)c(OCC(=O)N2CCC(NCC3CC3)CC2)c1. The summed E-state index contributed by atoms with van der Waals surface area (Å²) in [4.78, 5) is 14.5. The lowest BCUT2D eigenvalue weighted by Crippen LogP contribution is -2.46. The van der Waals surface area contributed by atoms with E-state index in [0.717, 1.165) is 49.7 Å². The molecule has 0 unspecified atom stereocenters. The van der Waals surface area contributed by atoms with E-state index >= 15 is 0 Å². The number of ether oxygens (including phenoxy) is 1. The number of rotatable bonds is 7. The molecular weight excluding hydrogens is 312 g/mol. The first kappa shape index (κ1) is 18.2. The van der Waals surface area contributed by atoms with Gasteiger partial charge in [-0.2, -0.15) is 0 Å². The van der Waals surface area contributed by atoms with Gasteiger partial charge in [-0.1, -0.05) is 26.0 Å². The molecular formula is C21H32N2O2. The van der Waals surface area contributed by atoms with Gasteiger partial charge in [0.15, 0.2) is 6.61 Å². The summed E-state index contributed by atoms with van der Waals surface area (Å²) in [6, 6.07) is 6.83. The molecule has 138 valence electrons. The van der Waals surface area contributed by atoms with Gasteiger partial charge in [-0.15, -0.1) is 0 Å². The second kappa shape index (κ2) is 8.22. The quantitative estimate of drug-likeness (QED) is 0.823. The number of piperidine rings is 1. The molecule has 1 saturated carbocycles. The minimum absolute atomic E-state index is 0.108. The van der Waals surface area contributed by atoms with E-state index in [9.17, 15) is 4.79 Å². The molecule has 25 heavy (non-hydrogen) atoms. The lowest BCUT2D eigenvalue weighted by molar-refractivity contribution is -0.134. The molecule has 3 rings (SSSR count). The Labute approximate surface area is 151 Å². The molecule has 4 heteroatoms. The molecule has 0 aromatic heterocycles. The van der Waals surface area contributed by atoms with E-state index in [-0.39, 0.29) is 12.5 Å². The smallest absolute Gasteiger partial charge is 0.260 e. The van der Waals surface area contributed by atoms with Crippen molar-refractivity contribution in [3.8, 4) is 5.75 Å². The van der Waals surface area contributed by atoms with Crippen LogP contribution in [0.1, 0.15) is 56.6 Å². The summed E-state index contributed by atoms with van der Waals surface area (Å²) in [6.45, 7) is 9.34. The molecule has 1 amide bonds. The van der Waals surface area contributed by atoms with Gasteiger partial charge in [0.25, 0.3) is 5.91 Å². The molecule has 2 fully saturated rings. The number of hydrogen-bond acceptors (Lipinski definition) is 3. The van der Waals surface area contributed by atoms with Gasteiger partial charge >= 0.3 is 0 Å². The average molecular weight is 344 g/mol. The van der Waals surface area contributed by atoms with Crippen molar-refractivity contribution in [2.75, 3.05) is 26.2 Å². The summed E-state index contributed by atoms with van der Waals surface area (Å²) in [5.74, 6) is 2.26. The van der Waals surface area contributed by atoms with E-state index in [1.165, 1.54) is 18.4 Å². The van der Waals surface area contributed by atoms with E-state index in [4.69, 9.17) is 4.74 Å². The van der Waals surface area contributed by atoms with Gasteiger partial charge in [-0.25, -0.2) is 0 Å². The molecule has 0 spiro atoms. The number of nitrogens with one attached hydrogen (secondary N) is 1. The third kappa shape index (κ3) is 5.21. The van der Waals surface area contributed by atoms with E-state index in [2.05, 4.69) is 38.2 Å². The maximum absolute atomic E-state index is 12.5. The Balaban J connectivity index is 1.46. The zero-order valence-corrected chi connectivity index (χ0v) is 15.9. The van der Waals surface area contributed by atoms with Crippen LogP contribution < -0.4 is 10.1 Å². The Morgan fingerprint density at radius 2 is 1.96 bits per heavy atom. The minimum Gasteiger partial charge on any atom is -0.483 e. The topological polar surface area (TPSA) is 41.6 Å². The number of amides is 1. The van der Waals surface area contributed by atoms with Gasteiger partial charge in [-0.05, 0) is 68.2 Å². The second-order valence-electron chi connectivity index (χ2n) is 7.99. The third-order valence-electron chi connectivity index (χ3n) is 5.38. The van der Waals surface area contributed by atoms with Crippen LogP contribution in [0.5, 0.6) is 5.75 Å². The Kier molecular flexibility index (Phi) is 6.00. The molecule has 1 aromatic rings. The molecule has 1 heterocycles. The van der Waals surface area contributed by atoms with Gasteiger partial charge in [0.05, 0.1) is 0 Å². The molecule has 1 saturated heterocycles. The average Bonchev–Trinajstić information content (AvgIpc) is 3.42. The van der Waals surface area contributed by atoms with Crippen molar-refractivity contribution in [3.05, 3.63) is 29.3 Å². The van der Waals surface area contributed by atoms with Gasteiger partial charge in [0, 0.05) is 19.1 Å². The zero-order chi connectivity index (χ0) is 17.8. The number of likely N-dealkylation sites (tertiary alicyclic amines) is 1. The van der Waals surface area contributed by atoms with Crippen LogP contribution in [0.2, 0.25) is 0 Å². The van der Waals surface area contributed by atoms with Crippen molar-refractivity contribution in [3.63, 3.8) is 0 Å². The predicted molar refractivity (Wildman–Crippen MR) is 101 cm³/mol. The van der Waals surface area contributed by atoms with Crippen molar-refractivity contribution in [1.29, 1.82) is 0 Å². The van der Waals surface area contributed by atoms with E-state index < -0.39 is 0 Å². The van der Waals surface area contributed by atoms with Crippen LogP contribution in [0.25, 0.3) is 0 Å². The van der Waals surface area contributed by atoms with Crippen LogP contribution in [-0.2, 0) is 4.79 Å². The zero-order valence-electron chi connectivity index (χ0n) is 15.9. The molecule has 0 atom stereocenters. The molecule has 4 nitrogen and oxygen atoms in total. The van der Waals surface area contributed by atoms with Crippen LogP contribution in [0, 0.1) is 12.8 Å². The number of hydrogen-bond donors (Lipinski definition) is 1. The molecule has 1 N–H and O–H groups in total. The summed E-state index contributed by atoms with van der Waals surface area (Å²) in [7, 11) is 0. The first-order valence-electron chi connectivity index (χ1n) is 9.77.